The molecule has 1 aliphatic rings. The van der Waals surface area contributed by atoms with E-state index in [1.807, 2.05) is 6.07 Å². The van der Waals surface area contributed by atoms with E-state index in [0.29, 0.717) is 0 Å². The van der Waals surface area contributed by atoms with E-state index in [-0.39, 0.29) is 17.9 Å². The van der Waals surface area contributed by atoms with Crippen LogP contribution in [0, 0.1) is 19.8 Å². The summed E-state index contributed by atoms with van der Waals surface area (Å²) in [5, 5.41) is 3.15. The van der Waals surface area contributed by atoms with Crippen molar-refractivity contribution in [1.82, 2.24) is 14.9 Å². The topological polar surface area (TPSA) is 50.2 Å². The van der Waals surface area contributed by atoms with Crippen LogP contribution in [0.25, 0.3) is 11.0 Å². The normalized spacial score (nSPS) is 15.9. The van der Waals surface area contributed by atoms with Crippen molar-refractivity contribution in [1.29, 1.82) is 0 Å². The lowest BCUT2D eigenvalue weighted by Gasteiger charge is -2.33. The molecule has 5 heteroatoms. The fourth-order valence-corrected chi connectivity index (χ4v) is 4.41. The first kappa shape index (κ1) is 21.4. The summed E-state index contributed by atoms with van der Waals surface area (Å²) >= 11 is 0. The lowest BCUT2D eigenvalue weighted by molar-refractivity contribution is -0.126. The molecule has 0 aliphatic carbocycles. The number of para-hydroxylation sites is 2. The van der Waals surface area contributed by atoms with Crippen molar-refractivity contribution in [2.24, 2.45) is 5.92 Å². The summed E-state index contributed by atoms with van der Waals surface area (Å²) in [5.74, 6) is 1.32. The molecule has 4 rings (SSSR count). The molecule has 31 heavy (non-hydrogen) atoms. The summed E-state index contributed by atoms with van der Waals surface area (Å²) < 4.78 is 2.34. The summed E-state index contributed by atoms with van der Waals surface area (Å²) in [5.41, 5.74) is 6.09. The van der Waals surface area contributed by atoms with E-state index < -0.39 is 0 Å². The summed E-state index contributed by atoms with van der Waals surface area (Å²) in [7, 11) is 0. The Labute approximate surface area is 185 Å². The number of anilines is 1. The molecular weight excluding hydrogens is 384 g/mol. The largest absolute Gasteiger partial charge is 0.353 e. The number of hydrogen-bond donors (Lipinski definition) is 1. The number of carbonyl (C=O) groups excluding carboxylic acids is 1. The van der Waals surface area contributed by atoms with Crippen LogP contribution in [0.4, 0.5) is 5.95 Å². The number of aromatic nitrogens is 2. The Hall–Kier alpha value is -2.82. The van der Waals surface area contributed by atoms with E-state index in [2.05, 4.69) is 78.9 Å². The molecule has 0 spiro atoms. The fourth-order valence-electron chi connectivity index (χ4n) is 4.41. The Kier molecular flexibility index (Phi) is 6.30. The van der Waals surface area contributed by atoms with Gasteiger partial charge >= 0.3 is 0 Å². The van der Waals surface area contributed by atoms with Crippen molar-refractivity contribution in [3.8, 4) is 0 Å². The van der Waals surface area contributed by atoms with E-state index in [1.54, 1.807) is 0 Å². The average Bonchev–Trinajstić information content (AvgIpc) is 3.14. The van der Waals surface area contributed by atoms with E-state index in [4.69, 9.17) is 4.98 Å². The van der Waals surface area contributed by atoms with Crippen molar-refractivity contribution >= 4 is 22.9 Å². The minimum Gasteiger partial charge on any atom is -0.353 e. The van der Waals surface area contributed by atoms with Gasteiger partial charge < -0.3 is 14.8 Å². The number of rotatable bonds is 6. The van der Waals surface area contributed by atoms with Gasteiger partial charge in [0.25, 0.3) is 0 Å². The third-order valence-electron chi connectivity index (χ3n) is 6.62. The standard InChI is InChI=1S/C26H34N4O/c1-5-20(4)27-25(31)21-12-14-29(15-13-21)26-28-23-8-6-7-9-24(23)30(26)17-22-16-18(2)10-11-19(22)3/h6-11,16,20-21H,5,12-15,17H2,1-4H3,(H,27,31). The molecule has 2 heterocycles. The van der Waals surface area contributed by atoms with Crippen LogP contribution in [0.1, 0.15) is 49.8 Å². The Morgan fingerprint density at radius 2 is 1.90 bits per heavy atom. The first-order chi connectivity index (χ1) is 15.0. The minimum atomic E-state index is 0.0992. The molecule has 1 atom stereocenters. The molecule has 2 aromatic carbocycles. The molecule has 1 saturated heterocycles. The van der Waals surface area contributed by atoms with Crippen LogP contribution in [0.3, 0.4) is 0 Å². The van der Waals surface area contributed by atoms with Gasteiger partial charge in [0.1, 0.15) is 0 Å². The monoisotopic (exact) mass is 418 g/mol. The van der Waals surface area contributed by atoms with Crippen molar-refractivity contribution in [3.05, 3.63) is 59.2 Å². The highest BCUT2D eigenvalue weighted by Crippen LogP contribution is 2.28. The van der Waals surface area contributed by atoms with E-state index in [9.17, 15) is 4.79 Å². The number of nitrogens with one attached hydrogen (secondary N) is 1. The Morgan fingerprint density at radius 1 is 1.16 bits per heavy atom. The lowest BCUT2D eigenvalue weighted by atomic mass is 9.95. The predicted molar refractivity (Wildman–Crippen MR) is 128 cm³/mol. The van der Waals surface area contributed by atoms with Gasteiger partial charge in [0.05, 0.1) is 17.6 Å². The number of aryl methyl sites for hydroxylation is 2. The summed E-state index contributed by atoms with van der Waals surface area (Å²) in [6, 6.07) is 15.3. The van der Waals surface area contributed by atoms with Gasteiger partial charge in [-0.25, -0.2) is 4.98 Å². The van der Waals surface area contributed by atoms with Gasteiger partial charge in [-0.05, 0) is 63.3 Å². The van der Waals surface area contributed by atoms with Gasteiger partial charge in [-0.2, -0.15) is 0 Å². The number of hydrogen-bond acceptors (Lipinski definition) is 3. The quantitative estimate of drug-likeness (QED) is 0.624. The van der Waals surface area contributed by atoms with Crippen molar-refractivity contribution in [3.63, 3.8) is 0 Å². The highest BCUT2D eigenvalue weighted by Gasteiger charge is 2.28. The number of amides is 1. The Morgan fingerprint density at radius 3 is 2.65 bits per heavy atom. The second-order valence-corrected chi connectivity index (χ2v) is 9.00. The molecule has 1 aliphatic heterocycles. The third kappa shape index (κ3) is 4.60. The van der Waals surface area contributed by atoms with Gasteiger partial charge in [0.2, 0.25) is 11.9 Å². The van der Waals surface area contributed by atoms with Crippen LogP contribution in [0.15, 0.2) is 42.5 Å². The van der Waals surface area contributed by atoms with Gasteiger partial charge in [0, 0.05) is 25.0 Å². The molecule has 0 bridgehead atoms. The predicted octanol–water partition coefficient (Wildman–Crippen LogP) is 4.83. The van der Waals surface area contributed by atoms with Crippen molar-refractivity contribution < 1.29 is 4.79 Å². The zero-order chi connectivity index (χ0) is 22.0. The first-order valence-electron chi connectivity index (χ1n) is 11.5. The number of nitrogens with zero attached hydrogens (tertiary/aromatic N) is 3. The van der Waals surface area contributed by atoms with Crippen LogP contribution in [-0.4, -0.2) is 34.6 Å². The Bertz CT molecular complexity index is 1060. The molecule has 3 aromatic rings. The molecule has 1 N–H and O–H groups in total. The van der Waals surface area contributed by atoms with Crippen LogP contribution < -0.4 is 10.2 Å². The SMILES string of the molecule is CCC(C)NC(=O)C1CCN(c2nc3ccccc3n2Cc2cc(C)ccc2C)CC1. The third-order valence-corrected chi connectivity index (χ3v) is 6.62. The van der Waals surface area contributed by atoms with E-state index >= 15 is 0 Å². The average molecular weight is 419 g/mol. The maximum atomic E-state index is 12.6. The van der Waals surface area contributed by atoms with Crippen molar-refractivity contribution in [2.75, 3.05) is 18.0 Å². The number of piperidine rings is 1. The van der Waals surface area contributed by atoms with Crippen LogP contribution in [0.2, 0.25) is 0 Å². The summed E-state index contributed by atoms with van der Waals surface area (Å²) in [4.78, 5) is 19.9. The van der Waals surface area contributed by atoms with Gasteiger partial charge in [-0.3, -0.25) is 4.79 Å². The highest BCUT2D eigenvalue weighted by molar-refractivity contribution is 5.80. The number of benzene rings is 2. The molecule has 5 nitrogen and oxygen atoms in total. The number of imidazole rings is 1. The smallest absolute Gasteiger partial charge is 0.223 e. The molecule has 0 radical (unpaired) electrons. The first-order valence-corrected chi connectivity index (χ1v) is 11.5. The molecule has 1 amide bonds. The minimum absolute atomic E-state index is 0.0992. The van der Waals surface area contributed by atoms with E-state index in [0.717, 1.165) is 55.9 Å². The molecule has 164 valence electrons. The highest BCUT2D eigenvalue weighted by atomic mass is 16.1. The second kappa shape index (κ2) is 9.13. The van der Waals surface area contributed by atoms with Crippen LogP contribution in [0.5, 0.6) is 0 Å². The molecule has 0 saturated carbocycles. The van der Waals surface area contributed by atoms with Crippen molar-refractivity contribution in [2.45, 2.75) is 59.5 Å². The molecule has 1 fully saturated rings. The zero-order valence-corrected chi connectivity index (χ0v) is 19.2. The lowest BCUT2D eigenvalue weighted by Crippen LogP contribution is -2.43. The van der Waals surface area contributed by atoms with Gasteiger partial charge in [-0.15, -0.1) is 0 Å². The van der Waals surface area contributed by atoms with E-state index in [1.165, 1.54) is 16.7 Å². The summed E-state index contributed by atoms with van der Waals surface area (Å²) in [6.07, 6.45) is 2.71. The van der Waals surface area contributed by atoms with Crippen LogP contribution in [-0.2, 0) is 11.3 Å². The second-order valence-electron chi connectivity index (χ2n) is 9.00. The maximum Gasteiger partial charge on any atom is 0.223 e. The van der Waals surface area contributed by atoms with Gasteiger partial charge in [0.15, 0.2) is 0 Å². The summed E-state index contributed by atoms with van der Waals surface area (Å²) in [6.45, 7) is 11.0. The molecule has 1 unspecified atom stereocenters. The fraction of sp³-hybridized carbons (Fsp3) is 0.462. The molecule has 1 aromatic heterocycles. The molecular formula is C26H34N4O. The van der Waals surface area contributed by atoms with Crippen LogP contribution >= 0.6 is 0 Å². The number of carbonyl (C=O) groups is 1. The Balaban J connectivity index is 1.58. The number of fused-ring (bicyclic) bond motifs is 1. The zero-order valence-electron chi connectivity index (χ0n) is 19.2. The van der Waals surface area contributed by atoms with Gasteiger partial charge in [-0.1, -0.05) is 42.8 Å². The maximum absolute atomic E-state index is 12.6.